The van der Waals surface area contributed by atoms with Crippen LogP contribution in [0.25, 0.3) is 27.6 Å². The van der Waals surface area contributed by atoms with Gasteiger partial charge in [-0.15, -0.1) is 0 Å². The van der Waals surface area contributed by atoms with E-state index in [0.717, 1.165) is 34.0 Å². The largest absolute Gasteiger partial charge is 0.457 e. The zero-order chi connectivity index (χ0) is 41.5. The van der Waals surface area contributed by atoms with Crippen LogP contribution in [0.5, 0.6) is 11.5 Å². The van der Waals surface area contributed by atoms with E-state index in [0.29, 0.717) is 6.67 Å². The number of ether oxygens (including phenoxy) is 1. The molecule has 1 aliphatic heterocycles. The van der Waals surface area contributed by atoms with E-state index in [1.54, 1.807) is 0 Å². The second-order valence-corrected chi connectivity index (χ2v) is 21.3. The predicted octanol–water partition coefficient (Wildman–Crippen LogP) is 14.3. The Bertz CT molecular complexity index is 2470. The lowest BCUT2D eigenvalue weighted by molar-refractivity contribution is 0.479. The number of pyridine rings is 1. The molecule has 0 saturated heterocycles. The van der Waals surface area contributed by atoms with Gasteiger partial charge in [0, 0.05) is 57.8 Å². The molecular formula is C52H64N4O. The molecule has 0 aliphatic carbocycles. The fraction of sp³-hybridized carbons (Fsp3) is 0.404. The second kappa shape index (κ2) is 13.8. The first-order valence-electron chi connectivity index (χ1n) is 20.6. The number of para-hydroxylation sites is 1. The third-order valence-electron chi connectivity index (χ3n) is 11.4. The number of hydrogen-bond donors (Lipinski definition) is 0. The van der Waals surface area contributed by atoms with E-state index in [9.17, 15) is 0 Å². The molecule has 0 spiro atoms. The highest BCUT2D eigenvalue weighted by Crippen LogP contribution is 2.43. The Morgan fingerprint density at radius 3 is 1.68 bits per heavy atom. The third kappa shape index (κ3) is 8.08. The van der Waals surface area contributed by atoms with Gasteiger partial charge in [-0.25, -0.2) is 4.98 Å². The zero-order valence-corrected chi connectivity index (χ0v) is 37.2. The van der Waals surface area contributed by atoms with Crippen molar-refractivity contribution in [3.8, 4) is 17.3 Å². The molecule has 5 nitrogen and oxygen atoms in total. The van der Waals surface area contributed by atoms with Crippen molar-refractivity contribution in [2.24, 2.45) is 5.41 Å². The summed E-state index contributed by atoms with van der Waals surface area (Å²) in [5.74, 6) is 2.52. The number of rotatable bonds is 5. The first-order valence-corrected chi connectivity index (χ1v) is 20.6. The summed E-state index contributed by atoms with van der Waals surface area (Å²) in [6, 6.07) is 33.4. The number of aromatic nitrogens is 2. The minimum absolute atomic E-state index is 0.00152. The van der Waals surface area contributed by atoms with E-state index >= 15 is 0 Å². The number of anilines is 2. The minimum atomic E-state index is -0.0904. The van der Waals surface area contributed by atoms with Gasteiger partial charge in [-0.05, 0) is 98.5 Å². The van der Waals surface area contributed by atoms with Gasteiger partial charge in [-0.2, -0.15) is 0 Å². The summed E-state index contributed by atoms with van der Waals surface area (Å²) < 4.78 is 9.18. The minimum Gasteiger partial charge on any atom is -0.457 e. The Balaban J connectivity index is 1.31. The van der Waals surface area contributed by atoms with Gasteiger partial charge in [0.2, 0.25) is 0 Å². The number of allylic oxidation sites excluding steroid dienone is 1. The lowest BCUT2D eigenvalue weighted by Crippen LogP contribution is -2.31. The fourth-order valence-corrected chi connectivity index (χ4v) is 7.74. The number of hydrogen-bond acceptors (Lipinski definition) is 4. The van der Waals surface area contributed by atoms with E-state index in [1.807, 2.05) is 6.20 Å². The summed E-state index contributed by atoms with van der Waals surface area (Å²) in [6.45, 7) is 35.1. The molecule has 57 heavy (non-hydrogen) atoms. The number of fused-ring (bicyclic) bond motifs is 3. The maximum atomic E-state index is 6.90. The molecule has 0 bridgehead atoms. The van der Waals surface area contributed by atoms with E-state index in [-0.39, 0.29) is 27.1 Å². The molecule has 0 fully saturated rings. The summed E-state index contributed by atoms with van der Waals surface area (Å²) in [5.41, 5.74) is 10.9. The zero-order valence-electron chi connectivity index (χ0n) is 37.2. The van der Waals surface area contributed by atoms with E-state index in [2.05, 4.69) is 215 Å². The molecule has 0 atom stereocenters. The van der Waals surface area contributed by atoms with Gasteiger partial charge in [0.15, 0.2) is 0 Å². The number of benzene rings is 4. The molecule has 0 unspecified atom stereocenters. The van der Waals surface area contributed by atoms with Crippen LogP contribution in [0.3, 0.4) is 0 Å². The molecular weight excluding hydrogens is 697 g/mol. The van der Waals surface area contributed by atoms with Crippen molar-refractivity contribution in [3.63, 3.8) is 0 Å². The summed E-state index contributed by atoms with van der Waals surface area (Å²) in [5, 5.41) is 2.37. The van der Waals surface area contributed by atoms with Crippen LogP contribution in [0.2, 0.25) is 0 Å². The molecule has 0 radical (unpaired) electrons. The average molecular weight is 761 g/mol. The van der Waals surface area contributed by atoms with E-state index in [4.69, 9.17) is 9.72 Å². The molecule has 6 aromatic rings. The van der Waals surface area contributed by atoms with Crippen LogP contribution >= 0.6 is 0 Å². The molecule has 7 rings (SSSR count). The molecule has 2 aromatic heterocycles. The molecule has 0 saturated carbocycles. The monoisotopic (exact) mass is 761 g/mol. The van der Waals surface area contributed by atoms with Gasteiger partial charge >= 0.3 is 0 Å². The molecule has 0 amide bonds. The van der Waals surface area contributed by atoms with Crippen molar-refractivity contribution in [1.82, 2.24) is 9.55 Å². The molecule has 3 heterocycles. The summed E-state index contributed by atoms with van der Waals surface area (Å²) in [6.07, 6.45) is 4.29. The Morgan fingerprint density at radius 2 is 1.07 bits per heavy atom. The molecule has 0 N–H and O–H groups in total. The molecule has 1 aliphatic rings. The van der Waals surface area contributed by atoms with Gasteiger partial charge in [-0.3, -0.25) is 4.57 Å². The van der Waals surface area contributed by atoms with Crippen LogP contribution in [0, 0.1) is 5.41 Å². The second-order valence-electron chi connectivity index (χ2n) is 21.3. The van der Waals surface area contributed by atoms with Gasteiger partial charge in [0.1, 0.15) is 17.3 Å². The van der Waals surface area contributed by atoms with Crippen molar-refractivity contribution in [3.05, 3.63) is 131 Å². The van der Waals surface area contributed by atoms with Crippen molar-refractivity contribution >= 4 is 33.2 Å². The molecule has 4 aromatic carbocycles. The van der Waals surface area contributed by atoms with Crippen LogP contribution in [0.4, 0.5) is 11.4 Å². The number of nitrogens with zero attached hydrogens (tertiary/aromatic N) is 4. The summed E-state index contributed by atoms with van der Waals surface area (Å²) in [4.78, 5) is 9.81. The van der Waals surface area contributed by atoms with Gasteiger partial charge in [0.25, 0.3) is 0 Å². The van der Waals surface area contributed by atoms with Crippen LogP contribution < -0.4 is 14.5 Å². The van der Waals surface area contributed by atoms with E-state index in [1.165, 1.54) is 44.4 Å². The van der Waals surface area contributed by atoms with E-state index < -0.39 is 0 Å². The smallest absolute Gasteiger partial charge is 0.137 e. The quantitative estimate of drug-likeness (QED) is 0.175. The first kappa shape index (κ1) is 40.2. The third-order valence-corrected chi connectivity index (χ3v) is 11.4. The highest BCUT2D eigenvalue weighted by molar-refractivity contribution is 6.09. The van der Waals surface area contributed by atoms with Crippen LogP contribution in [-0.4, -0.2) is 16.2 Å². The Kier molecular flexibility index (Phi) is 9.74. The van der Waals surface area contributed by atoms with Gasteiger partial charge < -0.3 is 14.5 Å². The Labute approximate surface area is 342 Å². The average Bonchev–Trinajstić information content (AvgIpc) is 3.71. The summed E-state index contributed by atoms with van der Waals surface area (Å²) >= 11 is 0. The predicted molar refractivity (Wildman–Crippen MR) is 244 cm³/mol. The molecule has 5 heteroatoms. The van der Waals surface area contributed by atoms with Crippen molar-refractivity contribution < 1.29 is 4.74 Å². The normalized spacial score (nSPS) is 14.5. The SMILES string of the molecule is CC(C)(C)C1=CN(c2cc(Oc3ccc4c5ccccc5n(-c5cc(C(C)(C)C)ccn5)c4c3)cc(C(C)(C)C)c2)CN1c1cc(C(C)(C)C)cc(C(C)(C)C)c1. The topological polar surface area (TPSA) is 33.5 Å². The standard InChI is InChI=1S/C52H64N4O/c1-48(2,3)34-22-23-53-47(29-34)56-44-19-17-16-18-42(44)43-21-20-40(31-45(43)56)57-41-28-37(51(10,11)12)25-38(30-41)54-32-46(52(13,14)15)55(33-54)39-26-35(49(4,5)6)24-36(27-39)50(7,8)9/h16-32H,33H2,1-15H3. The van der Waals surface area contributed by atoms with Gasteiger partial charge in [-0.1, -0.05) is 128 Å². The van der Waals surface area contributed by atoms with Crippen molar-refractivity contribution in [2.45, 2.75) is 126 Å². The maximum absolute atomic E-state index is 6.90. The van der Waals surface area contributed by atoms with Crippen LogP contribution in [0.1, 0.15) is 126 Å². The summed E-state index contributed by atoms with van der Waals surface area (Å²) in [7, 11) is 0. The fourth-order valence-electron chi connectivity index (χ4n) is 7.74. The molecule has 298 valence electrons. The van der Waals surface area contributed by atoms with Crippen molar-refractivity contribution in [1.29, 1.82) is 0 Å². The first-order chi connectivity index (χ1) is 26.4. The Morgan fingerprint density at radius 1 is 0.491 bits per heavy atom. The van der Waals surface area contributed by atoms with Crippen LogP contribution in [-0.2, 0) is 21.7 Å². The Hall–Kier alpha value is -5.03. The lowest BCUT2D eigenvalue weighted by atomic mass is 9.80. The van der Waals surface area contributed by atoms with Gasteiger partial charge in [0.05, 0.1) is 17.7 Å². The lowest BCUT2D eigenvalue weighted by Gasteiger charge is -2.34. The van der Waals surface area contributed by atoms with Crippen LogP contribution in [0.15, 0.2) is 109 Å². The highest BCUT2D eigenvalue weighted by Gasteiger charge is 2.33. The maximum Gasteiger partial charge on any atom is 0.137 e. The van der Waals surface area contributed by atoms with Crippen molar-refractivity contribution in [2.75, 3.05) is 16.5 Å². The highest BCUT2D eigenvalue weighted by atomic mass is 16.5.